The quantitative estimate of drug-likeness (QED) is 0.0853. The van der Waals surface area contributed by atoms with E-state index >= 15 is 0 Å². The highest BCUT2D eigenvalue weighted by Gasteiger charge is 2.60. The van der Waals surface area contributed by atoms with Crippen molar-refractivity contribution >= 4 is 23.4 Å². The molecule has 368 valence electrons. The van der Waals surface area contributed by atoms with Crippen LogP contribution in [0.3, 0.4) is 0 Å². The Kier molecular flexibility index (Phi) is 16.2. The van der Waals surface area contributed by atoms with E-state index in [2.05, 4.69) is 73.7 Å². The maximum atomic E-state index is 13.9. The number of carbonyl (C=O) groups excluding carboxylic acids is 3. The molecule has 2 heterocycles. The minimum Gasteiger partial charge on any atom is -0.508 e. The molecule has 4 aliphatic rings. The van der Waals surface area contributed by atoms with Crippen LogP contribution in [0.5, 0.6) is 23.0 Å². The van der Waals surface area contributed by atoms with Gasteiger partial charge in [-0.15, -0.1) is 0 Å². The van der Waals surface area contributed by atoms with Gasteiger partial charge >= 0.3 is 5.97 Å². The maximum absolute atomic E-state index is 13.9. The van der Waals surface area contributed by atoms with Crippen molar-refractivity contribution in [2.24, 2.45) is 62.9 Å². The Morgan fingerprint density at radius 3 is 1.41 bits per heavy atom. The first-order valence-corrected chi connectivity index (χ1v) is 23.4. The highest BCUT2D eigenvalue weighted by Crippen LogP contribution is 2.63. The monoisotopic (exact) mass is 937 g/mol. The van der Waals surface area contributed by atoms with Crippen molar-refractivity contribution in [1.29, 1.82) is 0 Å². The van der Waals surface area contributed by atoms with Gasteiger partial charge in [-0.1, -0.05) is 75.7 Å². The number of benzene rings is 2. The molecule has 0 radical (unpaired) electrons. The lowest BCUT2D eigenvalue weighted by Gasteiger charge is -2.60. The number of phenolic OH excluding ortho intramolecular Hbond substituents is 4. The van der Waals surface area contributed by atoms with E-state index in [1.165, 1.54) is 80.0 Å². The third-order valence-corrected chi connectivity index (χ3v) is 16.2. The molecule has 8 N–H and O–H groups in total. The predicted molar refractivity (Wildman–Crippen MR) is 258 cm³/mol. The van der Waals surface area contributed by atoms with E-state index in [9.17, 15) is 39.6 Å². The van der Waals surface area contributed by atoms with Gasteiger partial charge in [0, 0.05) is 72.0 Å². The summed E-state index contributed by atoms with van der Waals surface area (Å²) >= 11 is 0. The molecule has 0 aliphatic heterocycles. The summed E-state index contributed by atoms with van der Waals surface area (Å²) < 4.78 is 0. The number of aromatic nitrogens is 4. The normalized spacial score (nSPS) is 29.8. The Bertz CT molecular complexity index is 2390. The van der Waals surface area contributed by atoms with Crippen LogP contribution in [0.1, 0.15) is 156 Å². The number of phenols is 4. The number of carboxylic acid groups (broad SMARTS) is 1. The average Bonchev–Trinajstić information content (AvgIpc) is 3.25. The van der Waals surface area contributed by atoms with Crippen molar-refractivity contribution in [3.8, 4) is 23.0 Å². The number of nitrogens with one attached hydrogen (secondary N) is 1. The summed E-state index contributed by atoms with van der Waals surface area (Å²) in [5, 5.41) is 51.0. The summed E-state index contributed by atoms with van der Waals surface area (Å²) in [6.07, 6.45) is 16.5. The van der Waals surface area contributed by atoms with Crippen molar-refractivity contribution < 1.29 is 44.7 Å². The Labute approximate surface area is 400 Å². The fourth-order valence-corrected chi connectivity index (χ4v) is 13.1. The van der Waals surface area contributed by atoms with Gasteiger partial charge in [0.25, 0.3) is 5.91 Å². The van der Waals surface area contributed by atoms with Crippen LogP contribution in [0.4, 0.5) is 0 Å². The summed E-state index contributed by atoms with van der Waals surface area (Å²) in [7, 11) is 0. The molecule has 4 aromatic rings. The summed E-state index contributed by atoms with van der Waals surface area (Å²) in [4.78, 5) is 65.6. The third-order valence-electron chi connectivity index (χ3n) is 16.2. The molecule has 1 amide bonds. The highest BCUT2D eigenvalue weighted by atomic mass is 16.4. The molecule has 15 heteroatoms. The molecular weight excluding hydrogens is 865 g/mol. The smallest absolute Gasteiger partial charge is 0.356 e. The second-order valence-corrected chi connectivity index (χ2v) is 21.4. The number of nitrogens with two attached hydrogens (primary N) is 1. The van der Waals surface area contributed by atoms with Crippen LogP contribution < -0.4 is 11.1 Å². The number of fused-ring (bicyclic) bond motifs is 2. The number of Topliss-reactive ketones (excluding diaryl/α,β-unsaturated/α-hetero) is 2. The van der Waals surface area contributed by atoms with Gasteiger partial charge in [0.2, 0.25) is 0 Å². The lowest BCUT2D eigenvalue weighted by atomic mass is 9.45. The molecule has 4 fully saturated rings. The zero-order chi connectivity index (χ0) is 49.2. The lowest BCUT2D eigenvalue weighted by molar-refractivity contribution is -0.0902. The number of carbonyl (C=O) groups is 4. The van der Waals surface area contributed by atoms with Gasteiger partial charge in [0.1, 0.15) is 28.7 Å². The van der Waals surface area contributed by atoms with Crippen LogP contribution in [0.25, 0.3) is 0 Å². The van der Waals surface area contributed by atoms with Crippen LogP contribution in [0, 0.1) is 57.2 Å². The number of hydrogen-bond donors (Lipinski definition) is 7. The fraction of sp³-hybridized carbons (Fsp3) is 0.547. The van der Waals surface area contributed by atoms with Crippen molar-refractivity contribution in [3.63, 3.8) is 0 Å². The van der Waals surface area contributed by atoms with Crippen molar-refractivity contribution in [1.82, 2.24) is 25.3 Å². The standard InChI is InChI=1S/C26H33N3O4.C21H31NO3.C5H4N2O2.CH4/c1-15-19(29-24(33)20-14-27-8-9-28-20)13-21-25(2,3)6-5-7-26(21,4)22(15)23(32)16-10-17(30)12-18(31)11-16;1-12-16(22)11-17-20(2,3)6-5-7-21(17,4)18(12)19(25)13-8-14(23)10-15(24)9-13;8-5(9)4-3-6-1-2-7-4;/h8-12,14-15,19,21-22,30-31H,5-7,13H2,1-4H3,(H,29,33);8-10,12,16-18,23-24H,5-7,11,22H2,1-4H3;1-3H,(H,8,9);1H4/t15-,19-,21+,22-,26+;12-,16-,17+,18-,21+;;/m11../s1. The van der Waals surface area contributed by atoms with Crippen LogP contribution >= 0.6 is 0 Å². The largest absolute Gasteiger partial charge is 0.508 e. The molecule has 15 nitrogen and oxygen atoms in total. The van der Waals surface area contributed by atoms with Crippen LogP contribution in [-0.2, 0) is 0 Å². The number of aromatic hydroxyl groups is 4. The van der Waals surface area contributed by atoms with Gasteiger partial charge in [-0.3, -0.25) is 24.4 Å². The van der Waals surface area contributed by atoms with E-state index in [4.69, 9.17) is 10.8 Å². The van der Waals surface area contributed by atoms with E-state index in [0.29, 0.717) is 17.0 Å². The number of rotatable bonds is 7. The molecule has 0 spiro atoms. The number of carboxylic acids is 1. The molecule has 10 atom stereocenters. The molecule has 0 bridgehead atoms. The zero-order valence-corrected chi connectivity index (χ0v) is 39.9. The minimum atomic E-state index is -1.05. The molecule has 4 aliphatic carbocycles. The van der Waals surface area contributed by atoms with E-state index in [0.717, 1.165) is 44.9 Å². The number of aromatic carboxylic acids is 1. The Balaban J connectivity index is 0.000000217. The predicted octanol–water partition coefficient (Wildman–Crippen LogP) is 9.27. The highest BCUT2D eigenvalue weighted by molar-refractivity contribution is 6.00. The van der Waals surface area contributed by atoms with Crippen LogP contribution in [0.2, 0.25) is 0 Å². The molecule has 2 aromatic carbocycles. The van der Waals surface area contributed by atoms with E-state index in [1.807, 2.05) is 6.92 Å². The zero-order valence-electron chi connectivity index (χ0n) is 39.9. The van der Waals surface area contributed by atoms with E-state index in [-0.39, 0.29) is 123 Å². The summed E-state index contributed by atoms with van der Waals surface area (Å²) in [5.41, 5.74) is 7.21. The topological polar surface area (TPSA) is 259 Å². The first-order chi connectivity index (χ1) is 31.4. The van der Waals surface area contributed by atoms with Gasteiger partial charge in [-0.25, -0.2) is 14.8 Å². The molecule has 8 rings (SSSR count). The van der Waals surface area contributed by atoms with Crippen molar-refractivity contribution in [3.05, 3.63) is 96.1 Å². The molecule has 68 heavy (non-hydrogen) atoms. The Morgan fingerprint density at radius 1 is 0.603 bits per heavy atom. The lowest BCUT2D eigenvalue weighted by Crippen LogP contribution is -2.60. The number of amides is 1. The van der Waals surface area contributed by atoms with Crippen LogP contribution in [-0.4, -0.2) is 81.0 Å². The van der Waals surface area contributed by atoms with Gasteiger partial charge < -0.3 is 36.6 Å². The molecular formula is C53H72N6O9. The maximum Gasteiger partial charge on any atom is 0.356 e. The summed E-state index contributed by atoms with van der Waals surface area (Å²) in [5.74, 6) is -1.89. The number of ketones is 2. The van der Waals surface area contributed by atoms with Gasteiger partial charge in [0.05, 0.1) is 12.4 Å². The van der Waals surface area contributed by atoms with Crippen molar-refractivity contribution in [2.45, 2.75) is 126 Å². The van der Waals surface area contributed by atoms with E-state index < -0.39 is 5.97 Å². The Hall–Kier alpha value is -5.96. The molecule has 2 aromatic heterocycles. The first-order valence-electron chi connectivity index (χ1n) is 23.4. The Morgan fingerprint density at radius 2 is 1.01 bits per heavy atom. The summed E-state index contributed by atoms with van der Waals surface area (Å²) in [6.45, 7) is 17.7. The minimum absolute atomic E-state index is 0. The second-order valence-electron chi connectivity index (χ2n) is 21.4. The average molecular weight is 937 g/mol. The fourth-order valence-electron chi connectivity index (χ4n) is 13.1. The van der Waals surface area contributed by atoms with E-state index in [1.54, 1.807) is 0 Å². The number of nitrogens with zero attached hydrogens (tertiary/aromatic N) is 4. The van der Waals surface area contributed by atoms with Gasteiger partial charge in [-0.2, -0.15) is 0 Å². The molecule has 4 saturated carbocycles. The first kappa shape index (κ1) is 53.0. The second kappa shape index (κ2) is 20.7. The third kappa shape index (κ3) is 11.0. The molecule has 0 saturated heterocycles. The van der Waals surface area contributed by atoms with Crippen molar-refractivity contribution in [2.75, 3.05) is 0 Å². The summed E-state index contributed by atoms with van der Waals surface area (Å²) in [6, 6.07) is 8.01. The number of hydrogen-bond acceptors (Lipinski definition) is 13. The SMILES string of the molecule is C.C[C@@H]1[C@H](N)C[C@H]2C(C)(C)CCC[C@]2(C)[C@H]1C(=O)c1cc(O)cc(O)c1.C[C@@H]1[C@H](NC(=O)c2cnccn2)C[C@H]2C(C)(C)CCC[C@]2(C)[C@H]1C(=O)c1cc(O)cc(O)c1.O=C(O)c1cnccn1. The van der Waals surface area contributed by atoms with Crippen LogP contribution in [0.15, 0.2) is 73.6 Å². The molecule has 0 unspecified atom stereocenters. The van der Waals surface area contributed by atoms with Gasteiger partial charge in [0.15, 0.2) is 17.3 Å². The van der Waals surface area contributed by atoms with Gasteiger partial charge in [-0.05, 0) is 108 Å².